The third-order valence-corrected chi connectivity index (χ3v) is 2.19. The fraction of sp³-hybridized carbons (Fsp3) is 0.111. The quantitative estimate of drug-likeness (QED) is 0.494. The van der Waals surface area contributed by atoms with Crippen molar-refractivity contribution in [3.05, 3.63) is 38.9 Å². The van der Waals surface area contributed by atoms with Crippen molar-refractivity contribution >= 4 is 23.3 Å². The zero-order valence-electron chi connectivity index (χ0n) is 7.81. The summed E-state index contributed by atoms with van der Waals surface area (Å²) >= 11 is 5.50. The molecule has 6 nitrogen and oxygen atoms in total. The molecule has 0 aromatic heterocycles. The van der Waals surface area contributed by atoms with Gasteiger partial charge in [-0.2, -0.15) is 5.26 Å². The van der Waals surface area contributed by atoms with Crippen LogP contribution in [0.25, 0.3) is 0 Å². The Kier molecular flexibility index (Phi) is 3.43. The molecule has 0 radical (unpaired) electrons. The van der Waals surface area contributed by atoms with Crippen molar-refractivity contribution in [3.8, 4) is 6.07 Å². The van der Waals surface area contributed by atoms with Crippen LogP contribution in [0.15, 0.2) is 12.1 Å². The van der Waals surface area contributed by atoms with Gasteiger partial charge in [-0.1, -0.05) is 0 Å². The Morgan fingerprint density at radius 1 is 1.62 bits per heavy atom. The van der Waals surface area contributed by atoms with Gasteiger partial charge >= 0.3 is 5.97 Å². The van der Waals surface area contributed by atoms with Gasteiger partial charge in [0.25, 0.3) is 5.69 Å². The topological polar surface area (TPSA) is 104 Å². The number of nitro groups is 1. The fourth-order valence-corrected chi connectivity index (χ4v) is 1.41. The van der Waals surface area contributed by atoms with Crippen LogP contribution in [-0.4, -0.2) is 16.0 Å². The average molecular weight is 241 g/mol. The molecule has 0 bridgehead atoms. The Morgan fingerprint density at radius 2 is 2.25 bits per heavy atom. The van der Waals surface area contributed by atoms with Gasteiger partial charge in [0.1, 0.15) is 6.07 Å². The first-order valence-electron chi connectivity index (χ1n) is 4.02. The third kappa shape index (κ3) is 2.10. The summed E-state index contributed by atoms with van der Waals surface area (Å²) in [6.45, 7) is 0. The first-order valence-corrected chi connectivity index (χ1v) is 4.55. The maximum Gasteiger partial charge on any atom is 0.337 e. The van der Waals surface area contributed by atoms with E-state index in [1.807, 2.05) is 0 Å². The summed E-state index contributed by atoms with van der Waals surface area (Å²) < 4.78 is 0. The molecule has 0 spiro atoms. The minimum Gasteiger partial charge on any atom is -0.478 e. The maximum atomic E-state index is 10.8. The molecule has 0 aliphatic rings. The lowest BCUT2D eigenvalue weighted by Crippen LogP contribution is -2.04. The highest BCUT2D eigenvalue weighted by Crippen LogP contribution is 2.23. The van der Waals surface area contributed by atoms with Gasteiger partial charge in [0.2, 0.25) is 0 Å². The number of rotatable bonds is 3. The molecule has 0 heterocycles. The lowest BCUT2D eigenvalue weighted by Gasteiger charge is -2.03. The Hall–Kier alpha value is -2.13. The average Bonchev–Trinajstić information content (AvgIpc) is 2.26. The Labute approximate surface area is 94.8 Å². The molecule has 1 aromatic rings. The predicted octanol–water partition coefficient (Wildman–Crippen LogP) is 1.90. The maximum absolute atomic E-state index is 10.8. The molecule has 0 atom stereocenters. The summed E-state index contributed by atoms with van der Waals surface area (Å²) in [4.78, 5) is 20.6. The van der Waals surface area contributed by atoms with Gasteiger partial charge in [-0.25, -0.2) is 4.79 Å². The van der Waals surface area contributed by atoms with Gasteiger partial charge in [-0.05, 0) is 5.56 Å². The van der Waals surface area contributed by atoms with E-state index in [-0.39, 0.29) is 17.0 Å². The molecule has 0 saturated carbocycles. The number of carboxylic acids is 1. The van der Waals surface area contributed by atoms with Gasteiger partial charge in [0.15, 0.2) is 0 Å². The van der Waals surface area contributed by atoms with Crippen molar-refractivity contribution in [2.45, 2.75) is 5.88 Å². The van der Waals surface area contributed by atoms with Crippen molar-refractivity contribution in [2.24, 2.45) is 0 Å². The largest absolute Gasteiger partial charge is 0.478 e. The van der Waals surface area contributed by atoms with Gasteiger partial charge in [-0.3, -0.25) is 10.1 Å². The summed E-state index contributed by atoms with van der Waals surface area (Å²) in [5.74, 6) is -1.56. The van der Waals surface area contributed by atoms with E-state index in [2.05, 4.69) is 0 Å². The molecule has 0 amide bonds. The summed E-state index contributed by atoms with van der Waals surface area (Å²) in [6.07, 6.45) is 0. The number of non-ortho nitro benzene ring substituents is 1. The van der Waals surface area contributed by atoms with Crippen molar-refractivity contribution < 1.29 is 14.8 Å². The molecule has 0 aliphatic heterocycles. The molecular formula is C9H5ClN2O4. The van der Waals surface area contributed by atoms with Crippen LogP contribution in [0, 0.1) is 21.4 Å². The Balaban J connectivity index is 3.57. The van der Waals surface area contributed by atoms with Crippen LogP contribution in [-0.2, 0) is 5.88 Å². The highest BCUT2D eigenvalue weighted by Gasteiger charge is 2.20. The number of hydrogen-bond acceptors (Lipinski definition) is 4. The minimum absolute atomic E-state index is 0.135. The number of nitrogens with zero attached hydrogens (tertiary/aromatic N) is 2. The smallest absolute Gasteiger partial charge is 0.337 e. The number of benzene rings is 1. The summed E-state index contributed by atoms with van der Waals surface area (Å²) in [5, 5.41) is 28.1. The molecule has 1 rings (SSSR count). The predicted molar refractivity (Wildman–Crippen MR) is 54.3 cm³/mol. The number of halogens is 1. The van der Waals surface area contributed by atoms with Crippen LogP contribution in [0.4, 0.5) is 5.69 Å². The highest BCUT2D eigenvalue weighted by molar-refractivity contribution is 6.17. The zero-order valence-corrected chi connectivity index (χ0v) is 8.56. The molecular weight excluding hydrogens is 236 g/mol. The third-order valence-electron chi connectivity index (χ3n) is 1.90. The first-order chi connectivity index (χ1) is 7.51. The second kappa shape index (κ2) is 4.59. The molecule has 82 valence electrons. The van der Waals surface area contributed by atoms with Crippen LogP contribution in [0.2, 0.25) is 0 Å². The first kappa shape index (κ1) is 11.9. The zero-order chi connectivity index (χ0) is 12.3. The summed E-state index contributed by atoms with van der Waals surface area (Å²) in [6, 6.07) is 3.61. The van der Waals surface area contributed by atoms with E-state index >= 15 is 0 Å². The standard InChI is InChI=1S/C9H5ClN2O4/c10-3-5-1-6(12(15)16)2-7(9(13)14)8(5)4-11/h1-2H,3H2,(H,13,14). The van der Waals surface area contributed by atoms with Crippen LogP contribution in [0.1, 0.15) is 21.5 Å². The number of nitriles is 1. The fourth-order valence-electron chi connectivity index (χ4n) is 1.20. The number of hydrogen-bond donors (Lipinski definition) is 1. The molecule has 16 heavy (non-hydrogen) atoms. The molecule has 0 aliphatic carbocycles. The van der Waals surface area contributed by atoms with E-state index in [1.54, 1.807) is 6.07 Å². The van der Waals surface area contributed by atoms with E-state index in [4.69, 9.17) is 22.0 Å². The van der Waals surface area contributed by atoms with Gasteiger partial charge in [-0.15, -0.1) is 11.6 Å². The van der Waals surface area contributed by atoms with Crippen molar-refractivity contribution in [3.63, 3.8) is 0 Å². The highest BCUT2D eigenvalue weighted by atomic mass is 35.5. The Morgan fingerprint density at radius 3 is 2.62 bits per heavy atom. The van der Waals surface area contributed by atoms with Crippen molar-refractivity contribution in [2.75, 3.05) is 0 Å². The van der Waals surface area contributed by atoms with Crippen LogP contribution in [0.3, 0.4) is 0 Å². The molecule has 1 aromatic carbocycles. The van der Waals surface area contributed by atoms with Crippen molar-refractivity contribution in [1.82, 2.24) is 0 Å². The van der Waals surface area contributed by atoms with Gasteiger partial charge < -0.3 is 5.11 Å². The van der Waals surface area contributed by atoms with Crippen molar-refractivity contribution in [1.29, 1.82) is 5.26 Å². The van der Waals surface area contributed by atoms with E-state index < -0.39 is 22.1 Å². The number of carboxylic acid groups (broad SMARTS) is 1. The SMILES string of the molecule is N#Cc1c(CCl)cc([N+](=O)[O-])cc1C(=O)O. The van der Waals surface area contributed by atoms with Crippen LogP contribution < -0.4 is 0 Å². The number of nitro benzene ring substituents is 1. The molecule has 0 unspecified atom stereocenters. The van der Waals surface area contributed by atoms with Gasteiger partial charge in [0.05, 0.1) is 16.1 Å². The molecule has 0 saturated heterocycles. The van der Waals surface area contributed by atoms with E-state index in [0.717, 1.165) is 12.1 Å². The molecule has 1 N–H and O–H groups in total. The van der Waals surface area contributed by atoms with E-state index in [1.165, 1.54) is 0 Å². The monoisotopic (exact) mass is 240 g/mol. The van der Waals surface area contributed by atoms with E-state index in [0.29, 0.717) is 0 Å². The summed E-state index contributed by atoms with van der Waals surface area (Å²) in [7, 11) is 0. The number of alkyl halides is 1. The lowest BCUT2D eigenvalue weighted by molar-refractivity contribution is -0.384. The minimum atomic E-state index is -1.40. The summed E-state index contributed by atoms with van der Waals surface area (Å²) in [5.41, 5.74) is -0.816. The normalized spacial score (nSPS) is 9.50. The number of carbonyl (C=O) groups is 1. The van der Waals surface area contributed by atoms with E-state index in [9.17, 15) is 14.9 Å². The molecule has 7 heteroatoms. The van der Waals surface area contributed by atoms with Crippen LogP contribution in [0.5, 0.6) is 0 Å². The number of aromatic carboxylic acids is 1. The molecule has 0 fully saturated rings. The second-order valence-corrected chi connectivity index (χ2v) is 3.10. The second-order valence-electron chi connectivity index (χ2n) is 2.84. The van der Waals surface area contributed by atoms with Crippen LogP contribution >= 0.6 is 11.6 Å². The Bertz CT molecular complexity index is 507. The lowest BCUT2D eigenvalue weighted by atomic mass is 10.0. The van der Waals surface area contributed by atoms with Gasteiger partial charge in [0, 0.05) is 18.0 Å².